The molecule has 132 valence electrons. The summed E-state index contributed by atoms with van der Waals surface area (Å²) in [6.45, 7) is 2.02. The molecule has 1 saturated heterocycles. The van der Waals surface area contributed by atoms with E-state index >= 15 is 0 Å². The first-order chi connectivity index (χ1) is 12.7. The van der Waals surface area contributed by atoms with Crippen molar-refractivity contribution in [2.45, 2.75) is 12.8 Å². The predicted molar refractivity (Wildman–Crippen MR) is 100 cm³/mol. The monoisotopic (exact) mass is 368 g/mol. The molecule has 0 unspecified atom stereocenters. The second-order valence-corrected chi connectivity index (χ2v) is 6.49. The lowest BCUT2D eigenvalue weighted by molar-refractivity contribution is 0.102. The van der Waals surface area contributed by atoms with Crippen molar-refractivity contribution in [2.75, 3.05) is 23.3 Å². The lowest BCUT2D eigenvalue weighted by Crippen LogP contribution is -2.19. The molecule has 0 bridgehead atoms. The molecule has 1 aromatic carbocycles. The van der Waals surface area contributed by atoms with Crippen LogP contribution in [0, 0.1) is 0 Å². The van der Waals surface area contributed by atoms with Gasteiger partial charge in [-0.05, 0) is 37.1 Å². The Kier molecular flexibility index (Phi) is 4.53. The van der Waals surface area contributed by atoms with E-state index in [4.69, 9.17) is 11.6 Å². The molecule has 0 atom stereocenters. The Labute approximate surface area is 155 Å². The molecular formula is C18H17ClN6O. The summed E-state index contributed by atoms with van der Waals surface area (Å²) in [7, 11) is 0. The molecule has 2 aromatic heterocycles. The smallest absolute Gasteiger partial charge is 0.275 e. The number of amides is 1. The third-order valence-corrected chi connectivity index (χ3v) is 4.50. The largest absolute Gasteiger partial charge is 0.356 e. The van der Waals surface area contributed by atoms with Crippen LogP contribution >= 0.6 is 11.6 Å². The Bertz CT molecular complexity index is 917. The number of hydrogen-bond acceptors (Lipinski definition) is 5. The van der Waals surface area contributed by atoms with E-state index in [9.17, 15) is 4.79 Å². The Balaban J connectivity index is 1.51. The van der Waals surface area contributed by atoms with Crippen LogP contribution in [0.3, 0.4) is 0 Å². The number of imidazole rings is 1. The Morgan fingerprint density at radius 3 is 2.54 bits per heavy atom. The molecule has 8 heteroatoms. The summed E-state index contributed by atoms with van der Waals surface area (Å²) in [6, 6.07) is 8.83. The highest BCUT2D eigenvalue weighted by Crippen LogP contribution is 2.19. The highest BCUT2D eigenvalue weighted by molar-refractivity contribution is 6.30. The number of carbonyl (C=O) groups is 1. The third-order valence-electron chi connectivity index (χ3n) is 4.25. The number of carbonyl (C=O) groups excluding carboxylic acids is 1. The van der Waals surface area contributed by atoms with Crippen molar-refractivity contribution < 1.29 is 4.79 Å². The minimum Gasteiger partial charge on any atom is -0.356 e. The van der Waals surface area contributed by atoms with Gasteiger partial charge in [-0.3, -0.25) is 9.36 Å². The number of rotatable bonds is 4. The number of hydrogen-bond donors (Lipinski definition) is 1. The average molecular weight is 369 g/mol. The van der Waals surface area contributed by atoms with Gasteiger partial charge in [0, 0.05) is 36.1 Å². The van der Waals surface area contributed by atoms with Crippen LogP contribution in [-0.2, 0) is 0 Å². The number of halogens is 1. The molecule has 0 saturated carbocycles. The maximum absolute atomic E-state index is 12.4. The number of aromatic nitrogens is 4. The first-order valence-corrected chi connectivity index (χ1v) is 8.75. The lowest BCUT2D eigenvalue weighted by Gasteiger charge is -2.16. The van der Waals surface area contributed by atoms with Crippen molar-refractivity contribution in [3.8, 4) is 5.82 Å². The Hall–Kier alpha value is -2.93. The van der Waals surface area contributed by atoms with Crippen molar-refractivity contribution in [1.29, 1.82) is 0 Å². The van der Waals surface area contributed by atoms with Crippen molar-refractivity contribution in [3.63, 3.8) is 0 Å². The summed E-state index contributed by atoms with van der Waals surface area (Å²) >= 11 is 5.85. The summed E-state index contributed by atoms with van der Waals surface area (Å²) < 4.78 is 1.72. The molecule has 7 nitrogen and oxygen atoms in total. The van der Waals surface area contributed by atoms with Crippen LogP contribution in [0.25, 0.3) is 5.82 Å². The molecule has 26 heavy (non-hydrogen) atoms. The first-order valence-electron chi connectivity index (χ1n) is 8.37. The van der Waals surface area contributed by atoms with E-state index in [0.29, 0.717) is 22.2 Å². The maximum atomic E-state index is 12.4. The van der Waals surface area contributed by atoms with E-state index in [1.807, 2.05) is 6.07 Å². The standard InChI is InChI=1S/C18H17ClN6O/c19-13-3-5-14(6-4-13)23-18(26)15-10-25(12-22-15)17-9-16(20-11-21-17)24-7-1-2-8-24/h3-6,9-12H,1-2,7-8H2,(H,23,26). The molecule has 0 spiro atoms. The van der Waals surface area contributed by atoms with E-state index in [-0.39, 0.29) is 5.91 Å². The molecule has 1 aliphatic rings. The molecule has 1 aliphatic heterocycles. The first kappa shape index (κ1) is 16.5. The number of nitrogens with one attached hydrogen (secondary N) is 1. The highest BCUT2D eigenvalue weighted by atomic mass is 35.5. The minimum atomic E-state index is -0.292. The van der Waals surface area contributed by atoms with Crippen LogP contribution in [0.2, 0.25) is 5.02 Å². The van der Waals surface area contributed by atoms with E-state index in [1.165, 1.54) is 19.2 Å². The van der Waals surface area contributed by atoms with Crippen molar-refractivity contribution in [1.82, 2.24) is 19.5 Å². The van der Waals surface area contributed by atoms with Crippen LogP contribution in [0.15, 0.2) is 49.2 Å². The van der Waals surface area contributed by atoms with Crippen LogP contribution in [0.5, 0.6) is 0 Å². The molecule has 0 aliphatic carbocycles. The van der Waals surface area contributed by atoms with Gasteiger partial charge in [0.2, 0.25) is 0 Å². The average Bonchev–Trinajstić information content (AvgIpc) is 3.36. The molecule has 0 radical (unpaired) electrons. The van der Waals surface area contributed by atoms with Gasteiger partial charge >= 0.3 is 0 Å². The number of nitrogens with zero attached hydrogens (tertiary/aromatic N) is 5. The summed E-state index contributed by atoms with van der Waals surface area (Å²) in [5.41, 5.74) is 0.966. The zero-order chi connectivity index (χ0) is 17.9. The van der Waals surface area contributed by atoms with Crippen LogP contribution in [0.4, 0.5) is 11.5 Å². The van der Waals surface area contributed by atoms with E-state index in [0.717, 1.165) is 18.9 Å². The lowest BCUT2D eigenvalue weighted by atomic mass is 10.3. The minimum absolute atomic E-state index is 0.292. The van der Waals surface area contributed by atoms with Gasteiger partial charge in [-0.25, -0.2) is 15.0 Å². The quantitative estimate of drug-likeness (QED) is 0.765. The van der Waals surface area contributed by atoms with Gasteiger partial charge in [0.05, 0.1) is 0 Å². The molecule has 1 N–H and O–H groups in total. The van der Waals surface area contributed by atoms with Gasteiger partial charge in [-0.1, -0.05) is 11.6 Å². The van der Waals surface area contributed by atoms with Crippen molar-refractivity contribution >= 4 is 29.0 Å². The number of benzene rings is 1. The van der Waals surface area contributed by atoms with Crippen molar-refractivity contribution in [2.24, 2.45) is 0 Å². The summed E-state index contributed by atoms with van der Waals surface area (Å²) in [4.78, 5) is 27.4. The van der Waals surface area contributed by atoms with Gasteiger partial charge in [0.25, 0.3) is 5.91 Å². The SMILES string of the molecule is O=C(Nc1ccc(Cl)cc1)c1cn(-c2cc(N3CCCC3)ncn2)cn1. The summed E-state index contributed by atoms with van der Waals surface area (Å²) in [5.74, 6) is 1.29. The van der Waals surface area contributed by atoms with Gasteiger partial charge in [0.15, 0.2) is 0 Å². The van der Waals surface area contributed by atoms with Gasteiger partial charge in [-0.15, -0.1) is 0 Å². The van der Waals surface area contributed by atoms with Crippen LogP contribution in [-0.4, -0.2) is 38.5 Å². The fraction of sp³-hybridized carbons (Fsp3) is 0.222. The fourth-order valence-corrected chi connectivity index (χ4v) is 3.02. The molecular weight excluding hydrogens is 352 g/mol. The topological polar surface area (TPSA) is 75.9 Å². The van der Waals surface area contributed by atoms with E-state index in [2.05, 4.69) is 25.2 Å². The second-order valence-electron chi connectivity index (χ2n) is 6.06. The van der Waals surface area contributed by atoms with E-state index < -0.39 is 0 Å². The Morgan fingerprint density at radius 2 is 1.77 bits per heavy atom. The van der Waals surface area contributed by atoms with E-state index in [1.54, 1.807) is 41.4 Å². The zero-order valence-corrected chi connectivity index (χ0v) is 14.7. The van der Waals surface area contributed by atoms with Crippen LogP contribution in [0.1, 0.15) is 23.3 Å². The Morgan fingerprint density at radius 1 is 1.04 bits per heavy atom. The molecule has 3 heterocycles. The summed E-state index contributed by atoms with van der Waals surface area (Å²) in [6.07, 6.45) is 7.13. The van der Waals surface area contributed by atoms with Gasteiger partial charge < -0.3 is 10.2 Å². The molecule has 3 aromatic rings. The molecule has 4 rings (SSSR count). The molecule has 1 fully saturated rings. The van der Waals surface area contributed by atoms with Gasteiger partial charge in [-0.2, -0.15) is 0 Å². The maximum Gasteiger partial charge on any atom is 0.275 e. The molecule has 1 amide bonds. The zero-order valence-electron chi connectivity index (χ0n) is 14.0. The predicted octanol–water partition coefficient (Wildman–Crippen LogP) is 3.17. The summed E-state index contributed by atoms with van der Waals surface area (Å²) in [5, 5.41) is 3.41. The fourth-order valence-electron chi connectivity index (χ4n) is 2.89. The van der Waals surface area contributed by atoms with Crippen molar-refractivity contribution in [3.05, 3.63) is 59.9 Å². The third kappa shape index (κ3) is 3.52. The normalized spacial score (nSPS) is 13.8. The second kappa shape index (κ2) is 7.13. The highest BCUT2D eigenvalue weighted by Gasteiger charge is 2.15. The number of anilines is 2. The van der Waals surface area contributed by atoms with Gasteiger partial charge in [0.1, 0.15) is 30.0 Å². The van der Waals surface area contributed by atoms with Crippen LogP contribution < -0.4 is 10.2 Å².